The van der Waals surface area contributed by atoms with Gasteiger partial charge in [-0.15, -0.1) is 0 Å². The van der Waals surface area contributed by atoms with Gasteiger partial charge in [0.25, 0.3) is 0 Å². The Morgan fingerprint density at radius 1 is 1.53 bits per heavy atom. The van der Waals surface area contributed by atoms with Gasteiger partial charge in [-0.05, 0) is 18.2 Å². The molecule has 0 radical (unpaired) electrons. The van der Waals surface area contributed by atoms with Gasteiger partial charge in [0.2, 0.25) is 0 Å². The molecule has 1 heterocycles. The van der Waals surface area contributed by atoms with E-state index in [1.807, 2.05) is 0 Å². The van der Waals surface area contributed by atoms with Gasteiger partial charge in [-0.2, -0.15) is 0 Å². The quantitative estimate of drug-likeness (QED) is 0.852. The molecule has 5 nitrogen and oxygen atoms in total. The van der Waals surface area contributed by atoms with Crippen LogP contribution in [0.4, 0.5) is 0 Å². The van der Waals surface area contributed by atoms with Crippen LogP contribution in [0.2, 0.25) is 5.02 Å². The van der Waals surface area contributed by atoms with Crippen molar-refractivity contribution in [2.75, 3.05) is 0 Å². The third-order valence-electron chi connectivity index (χ3n) is 2.28. The van der Waals surface area contributed by atoms with E-state index in [1.54, 1.807) is 18.2 Å². The van der Waals surface area contributed by atoms with Gasteiger partial charge < -0.3 is 14.4 Å². The van der Waals surface area contributed by atoms with Crippen molar-refractivity contribution in [1.82, 2.24) is 5.16 Å². The minimum atomic E-state index is -1.05. The smallest absolute Gasteiger partial charge is 0.328 e. The second kappa shape index (κ2) is 6.06. The number of hydrogen-bond donors (Lipinski definition) is 1. The van der Waals surface area contributed by atoms with E-state index in [9.17, 15) is 4.79 Å². The molecule has 0 fully saturated rings. The standard InChI is InChI=1S/C13H10ClNO4/c14-11-2-1-3-12(10(11)4-5-13(16)17)18-7-9-6-15-19-8-9/h1-6,8H,7H2,(H,16,17)/b5-4+. The van der Waals surface area contributed by atoms with Crippen LogP contribution in [-0.4, -0.2) is 16.2 Å². The van der Waals surface area contributed by atoms with Gasteiger partial charge in [0.1, 0.15) is 18.6 Å². The predicted molar refractivity (Wildman–Crippen MR) is 69.0 cm³/mol. The molecule has 1 N–H and O–H groups in total. The number of nitrogens with zero attached hydrogens (tertiary/aromatic N) is 1. The minimum absolute atomic E-state index is 0.262. The Morgan fingerprint density at radius 2 is 2.37 bits per heavy atom. The molecule has 0 saturated heterocycles. The van der Waals surface area contributed by atoms with E-state index < -0.39 is 5.97 Å². The summed E-state index contributed by atoms with van der Waals surface area (Å²) in [6.45, 7) is 0.262. The van der Waals surface area contributed by atoms with Crippen LogP contribution in [0.3, 0.4) is 0 Å². The van der Waals surface area contributed by atoms with Gasteiger partial charge in [-0.25, -0.2) is 4.79 Å². The van der Waals surface area contributed by atoms with E-state index in [0.29, 0.717) is 16.3 Å². The van der Waals surface area contributed by atoms with E-state index in [4.69, 9.17) is 21.4 Å². The lowest BCUT2D eigenvalue weighted by molar-refractivity contribution is -0.131. The van der Waals surface area contributed by atoms with Crippen molar-refractivity contribution in [2.24, 2.45) is 0 Å². The summed E-state index contributed by atoms with van der Waals surface area (Å²) in [5.74, 6) is -0.559. The number of benzene rings is 1. The highest BCUT2D eigenvalue weighted by Crippen LogP contribution is 2.28. The van der Waals surface area contributed by atoms with E-state index in [1.165, 1.54) is 18.5 Å². The van der Waals surface area contributed by atoms with Crippen molar-refractivity contribution >= 4 is 23.6 Å². The van der Waals surface area contributed by atoms with Crippen molar-refractivity contribution in [3.63, 3.8) is 0 Å². The van der Waals surface area contributed by atoms with Gasteiger partial charge in [-0.1, -0.05) is 22.8 Å². The molecule has 0 bridgehead atoms. The zero-order valence-corrected chi connectivity index (χ0v) is 10.5. The number of carbonyl (C=O) groups is 1. The summed E-state index contributed by atoms with van der Waals surface area (Å²) in [5, 5.41) is 12.6. The lowest BCUT2D eigenvalue weighted by atomic mass is 10.2. The van der Waals surface area contributed by atoms with E-state index in [-0.39, 0.29) is 6.61 Å². The van der Waals surface area contributed by atoms with Crippen LogP contribution in [0.1, 0.15) is 11.1 Å². The topological polar surface area (TPSA) is 72.6 Å². The Kier molecular flexibility index (Phi) is 4.20. The maximum Gasteiger partial charge on any atom is 0.328 e. The van der Waals surface area contributed by atoms with Gasteiger partial charge in [0.15, 0.2) is 0 Å². The number of aliphatic carboxylic acids is 1. The molecular formula is C13H10ClNO4. The summed E-state index contributed by atoms with van der Waals surface area (Å²) >= 11 is 6.02. The molecule has 1 aromatic heterocycles. The monoisotopic (exact) mass is 279 g/mol. The van der Waals surface area contributed by atoms with Crippen molar-refractivity contribution in [1.29, 1.82) is 0 Å². The third kappa shape index (κ3) is 3.59. The van der Waals surface area contributed by atoms with Crippen LogP contribution in [0.25, 0.3) is 6.08 Å². The first-order valence-corrected chi connectivity index (χ1v) is 5.75. The van der Waals surface area contributed by atoms with Crippen molar-refractivity contribution < 1.29 is 19.2 Å². The molecule has 98 valence electrons. The number of halogens is 1. The number of aromatic nitrogens is 1. The highest BCUT2D eigenvalue weighted by molar-refractivity contribution is 6.32. The minimum Gasteiger partial charge on any atom is -0.488 e. The number of hydrogen-bond acceptors (Lipinski definition) is 4. The maximum absolute atomic E-state index is 10.5. The molecule has 2 aromatic rings. The fourth-order valence-electron chi connectivity index (χ4n) is 1.42. The largest absolute Gasteiger partial charge is 0.488 e. The highest BCUT2D eigenvalue weighted by Gasteiger charge is 2.07. The number of carboxylic acid groups (broad SMARTS) is 1. The number of carboxylic acids is 1. The van der Waals surface area contributed by atoms with Crippen LogP contribution >= 0.6 is 11.6 Å². The maximum atomic E-state index is 10.5. The van der Waals surface area contributed by atoms with E-state index in [2.05, 4.69) is 9.68 Å². The average molecular weight is 280 g/mol. The average Bonchev–Trinajstić information content (AvgIpc) is 2.88. The Bertz CT molecular complexity index is 593. The Morgan fingerprint density at radius 3 is 3.05 bits per heavy atom. The molecule has 19 heavy (non-hydrogen) atoms. The third-order valence-corrected chi connectivity index (χ3v) is 2.61. The van der Waals surface area contributed by atoms with Crippen molar-refractivity contribution in [3.8, 4) is 5.75 Å². The fraction of sp³-hybridized carbons (Fsp3) is 0.0769. The fourth-order valence-corrected chi connectivity index (χ4v) is 1.65. The molecule has 0 aliphatic rings. The van der Waals surface area contributed by atoms with Crippen molar-refractivity contribution in [2.45, 2.75) is 6.61 Å². The molecular weight excluding hydrogens is 270 g/mol. The summed E-state index contributed by atoms with van der Waals surface area (Å²) in [6, 6.07) is 5.10. The van der Waals surface area contributed by atoms with E-state index in [0.717, 1.165) is 11.6 Å². The molecule has 0 unspecified atom stereocenters. The van der Waals surface area contributed by atoms with Gasteiger partial charge in [0.05, 0.1) is 11.2 Å². The van der Waals surface area contributed by atoms with Crippen LogP contribution in [0.5, 0.6) is 5.75 Å². The zero-order valence-electron chi connectivity index (χ0n) is 9.75. The second-order valence-corrected chi connectivity index (χ2v) is 4.05. The van der Waals surface area contributed by atoms with Crippen LogP contribution in [0, 0.1) is 0 Å². The van der Waals surface area contributed by atoms with Crippen molar-refractivity contribution in [3.05, 3.63) is 52.9 Å². The lowest BCUT2D eigenvalue weighted by Crippen LogP contribution is -1.96. The van der Waals surface area contributed by atoms with Gasteiger partial charge in [0, 0.05) is 17.2 Å². The summed E-state index contributed by atoms with van der Waals surface area (Å²) in [5.41, 5.74) is 1.29. The molecule has 1 aromatic carbocycles. The first-order chi connectivity index (χ1) is 9.16. The van der Waals surface area contributed by atoms with Gasteiger partial charge in [-0.3, -0.25) is 0 Å². The summed E-state index contributed by atoms with van der Waals surface area (Å²) < 4.78 is 10.3. The Balaban J connectivity index is 2.19. The summed E-state index contributed by atoms with van der Waals surface area (Å²) in [4.78, 5) is 10.5. The molecule has 0 spiro atoms. The van der Waals surface area contributed by atoms with Crippen LogP contribution in [0.15, 0.2) is 41.3 Å². The van der Waals surface area contributed by atoms with Crippen LogP contribution in [-0.2, 0) is 11.4 Å². The SMILES string of the molecule is O=C(O)/C=C/c1c(Cl)cccc1OCc1cnoc1. The van der Waals surface area contributed by atoms with Crippen LogP contribution < -0.4 is 4.74 Å². The Labute approximate surface area is 114 Å². The highest BCUT2D eigenvalue weighted by atomic mass is 35.5. The Hall–Kier alpha value is -2.27. The number of ether oxygens (including phenoxy) is 1. The molecule has 6 heteroatoms. The summed E-state index contributed by atoms with van der Waals surface area (Å²) in [6.07, 6.45) is 5.41. The first kappa shape index (κ1) is 13.2. The van der Waals surface area contributed by atoms with E-state index >= 15 is 0 Å². The zero-order chi connectivity index (χ0) is 13.7. The molecule has 0 aliphatic carbocycles. The normalized spacial score (nSPS) is 10.8. The molecule has 0 aliphatic heterocycles. The molecule has 0 amide bonds. The molecule has 2 rings (SSSR count). The lowest BCUT2D eigenvalue weighted by Gasteiger charge is -2.09. The second-order valence-electron chi connectivity index (χ2n) is 3.64. The molecule has 0 saturated carbocycles. The number of rotatable bonds is 5. The first-order valence-electron chi connectivity index (χ1n) is 5.37. The predicted octanol–water partition coefficient (Wildman–Crippen LogP) is 3.00. The van der Waals surface area contributed by atoms with Gasteiger partial charge >= 0.3 is 5.97 Å². The summed E-state index contributed by atoms with van der Waals surface area (Å²) in [7, 11) is 0. The molecule has 0 atom stereocenters.